The molecule has 0 heterocycles. The molecule has 0 unspecified atom stereocenters. The van der Waals surface area contributed by atoms with Crippen molar-refractivity contribution in [2.75, 3.05) is 13.6 Å². The van der Waals surface area contributed by atoms with Gasteiger partial charge in [0.05, 0.1) is 6.42 Å². The first-order chi connectivity index (χ1) is 8.65. The van der Waals surface area contributed by atoms with Crippen LogP contribution < -0.4 is 0 Å². The lowest BCUT2D eigenvalue weighted by molar-refractivity contribution is -0.137. The monoisotopic (exact) mass is 243 g/mol. The molecule has 0 aromatic heterocycles. The van der Waals surface area contributed by atoms with Crippen LogP contribution in [0.15, 0.2) is 42.5 Å². The molecule has 0 saturated carbocycles. The first-order valence-corrected chi connectivity index (χ1v) is 6.03. The molecule has 0 spiro atoms. The Morgan fingerprint density at radius 2 is 1.89 bits per heavy atom. The van der Waals surface area contributed by atoms with Crippen molar-refractivity contribution in [3.63, 3.8) is 0 Å². The Morgan fingerprint density at radius 3 is 2.61 bits per heavy atom. The van der Waals surface area contributed by atoms with Crippen molar-refractivity contribution in [1.82, 2.24) is 4.90 Å². The van der Waals surface area contributed by atoms with Gasteiger partial charge in [0, 0.05) is 13.1 Å². The molecule has 0 atom stereocenters. The highest BCUT2D eigenvalue weighted by Gasteiger charge is 2.04. The summed E-state index contributed by atoms with van der Waals surface area (Å²) in [5.41, 5.74) is 1.21. The molecule has 0 aliphatic carbocycles. The number of carboxylic acid groups (broad SMARTS) is 1. The maximum atomic E-state index is 10.5. The third kappa shape index (κ3) is 3.31. The van der Waals surface area contributed by atoms with Crippen LogP contribution in [0.2, 0.25) is 0 Å². The molecule has 1 N–H and O–H groups in total. The van der Waals surface area contributed by atoms with E-state index in [0.29, 0.717) is 6.54 Å². The van der Waals surface area contributed by atoms with Crippen LogP contribution >= 0.6 is 0 Å². The highest BCUT2D eigenvalue weighted by molar-refractivity contribution is 5.82. The van der Waals surface area contributed by atoms with E-state index in [1.54, 1.807) is 0 Å². The van der Waals surface area contributed by atoms with Crippen LogP contribution in [0.4, 0.5) is 0 Å². The Kier molecular flexibility index (Phi) is 3.95. The van der Waals surface area contributed by atoms with Gasteiger partial charge in [-0.2, -0.15) is 0 Å². The Hall–Kier alpha value is -1.87. The molecule has 18 heavy (non-hydrogen) atoms. The van der Waals surface area contributed by atoms with Crippen LogP contribution in [-0.4, -0.2) is 29.6 Å². The smallest absolute Gasteiger partial charge is 0.304 e. The van der Waals surface area contributed by atoms with Crippen molar-refractivity contribution in [2.45, 2.75) is 13.0 Å². The molecule has 2 rings (SSSR count). The van der Waals surface area contributed by atoms with Gasteiger partial charge in [-0.15, -0.1) is 0 Å². The molecule has 0 fully saturated rings. The molecule has 3 nitrogen and oxygen atoms in total. The second-order valence-corrected chi connectivity index (χ2v) is 4.56. The van der Waals surface area contributed by atoms with Gasteiger partial charge in [0.25, 0.3) is 0 Å². The van der Waals surface area contributed by atoms with Crippen molar-refractivity contribution < 1.29 is 9.90 Å². The van der Waals surface area contributed by atoms with Crippen molar-refractivity contribution in [3.05, 3.63) is 48.0 Å². The fourth-order valence-electron chi connectivity index (χ4n) is 2.01. The summed E-state index contributed by atoms with van der Waals surface area (Å²) in [6, 6.07) is 14.6. The van der Waals surface area contributed by atoms with Gasteiger partial charge in [-0.05, 0) is 29.4 Å². The van der Waals surface area contributed by atoms with Gasteiger partial charge in [0.15, 0.2) is 0 Å². The summed E-state index contributed by atoms with van der Waals surface area (Å²) in [7, 11) is 1.94. The largest absolute Gasteiger partial charge is 0.481 e. The molecule has 0 aliphatic heterocycles. The highest BCUT2D eigenvalue weighted by atomic mass is 16.4. The summed E-state index contributed by atoms with van der Waals surface area (Å²) in [5.74, 6) is -0.750. The zero-order valence-corrected chi connectivity index (χ0v) is 10.5. The van der Waals surface area contributed by atoms with Crippen molar-refractivity contribution in [3.8, 4) is 0 Å². The third-order valence-corrected chi connectivity index (χ3v) is 2.97. The third-order valence-electron chi connectivity index (χ3n) is 2.97. The minimum Gasteiger partial charge on any atom is -0.481 e. The molecule has 0 amide bonds. The fraction of sp³-hybridized carbons (Fsp3) is 0.267. The Labute approximate surface area is 107 Å². The van der Waals surface area contributed by atoms with E-state index in [0.717, 1.165) is 6.54 Å². The summed E-state index contributed by atoms with van der Waals surface area (Å²) in [5, 5.41) is 11.1. The first-order valence-electron chi connectivity index (χ1n) is 6.03. The number of carbonyl (C=O) groups is 1. The van der Waals surface area contributed by atoms with E-state index < -0.39 is 5.97 Å². The Morgan fingerprint density at radius 1 is 1.17 bits per heavy atom. The lowest BCUT2D eigenvalue weighted by Crippen LogP contribution is -2.21. The van der Waals surface area contributed by atoms with Crippen LogP contribution in [0.3, 0.4) is 0 Å². The second kappa shape index (κ2) is 5.65. The minimum absolute atomic E-state index is 0.185. The molecule has 0 radical (unpaired) electrons. The zero-order valence-electron chi connectivity index (χ0n) is 10.5. The average molecular weight is 243 g/mol. The van der Waals surface area contributed by atoms with E-state index in [1.165, 1.54) is 16.3 Å². The van der Waals surface area contributed by atoms with E-state index in [-0.39, 0.29) is 6.42 Å². The van der Waals surface area contributed by atoms with Crippen LogP contribution in [0.25, 0.3) is 10.8 Å². The minimum atomic E-state index is -0.750. The van der Waals surface area contributed by atoms with E-state index in [1.807, 2.05) is 24.1 Å². The average Bonchev–Trinajstić information content (AvgIpc) is 2.36. The normalized spacial score (nSPS) is 11.0. The summed E-state index contributed by atoms with van der Waals surface area (Å²) in [6.45, 7) is 1.35. The number of nitrogens with zero attached hydrogens (tertiary/aromatic N) is 1. The summed E-state index contributed by atoms with van der Waals surface area (Å²) in [4.78, 5) is 12.5. The molecular formula is C15H17NO2. The van der Waals surface area contributed by atoms with Crippen LogP contribution in [0, 0.1) is 0 Å². The lowest BCUT2D eigenvalue weighted by Gasteiger charge is -2.15. The van der Waals surface area contributed by atoms with Gasteiger partial charge in [-0.1, -0.05) is 36.4 Å². The Bertz CT molecular complexity index is 551. The van der Waals surface area contributed by atoms with Gasteiger partial charge in [-0.25, -0.2) is 0 Å². The summed E-state index contributed by atoms with van der Waals surface area (Å²) < 4.78 is 0. The van der Waals surface area contributed by atoms with Gasteiger partial charge < -0.3 is 10.0 Å². The van der Waals surface area contributed by atoms with Gasteiger partial charge in [-0.3, -0.25) is 4.79 Å². The molecule has 0 bridgehead atoms. The van der Waals surface area contributed by atoms with Gasteiger partial charge >= 0.3 is 5.97 Å². The molecule has 3 heteroatoms. The number of hydrogen-bond acceptors (Lipinski definition) is 2. The number of carboxylic acids is 1. The molecule has 0 aliphatic rings. The SMILES string of the molecule is CN(CCC(=O)O)Cc1ccc2ccccc2c1. The quantitative estimate of drug-likeness (QED) is 0.877. The molecule has 2 aromatic rings. The van der Waals surface area contributed by atoms with E-state index in [4.69, 9.17) is 5.11 Å². The molecule has 94 valence electrons. The maximum absolute atomic E-state index is 10.5. The molecular weight excluding hydrogens is 226 g/mol. The molecule has 0 saturated heterocycles. The maximum Gasteiger partial charge on any atom is 0.304 e. The van der Waals surface area contributed by atoms with Crippen LogP contribution in [0.5, 0.6) is 0 Å². The Balaban J connectivity index is 2.05. The van der Waals surface area contributed by atoms with E-state index >= 15 is 0 Å². The molecule has 2 aromatic carbocycles. The second-order valence-electron chi connectivity index (χ2n) is 4.56. The highest BCUT2D eigenvalue weighted by Crippen LogP contribution is 2.16. The zero-order chi connectivity index (χ0) is 13.0. The number of aliphatic carboxylic acids is 1. The van der Waals surface area contributed by atoms with E-state index in [9.17, 15) is 4.79 Å². The van der Waals surface area contributed by atoms with Crippen molar-refractivity contribution >= 4 is 16.7 Å². The number of benzene rings is 2. The van der Waals surface area contributed by atoms with Crippen molar-refractivity contribution in [2.24, 2.45) is 0 Å². The predicted octanol–water partition coefficient (Wildman–Crippen LogP) is 2.75. The van der Waals surface area contributed by atoms with Gasteiger partial charge in [0.1, 0.15) is 0 Å². The van der Waals surface area contributed by atoms with Crippen LogP contribution in [0.1, 0.15) is 12.0 Å². The summed E-state index contributed by atoms with van der Waals surface area (Å²) in [6.07, 6.45) is 0.185. The van der Waals surface area contributed by atoms with Crippen molar-refractivity contribution in [1.29, 1.82) is 0 Å². The standard InChI is InChI=1S/C15H17NO2/c1-16(9-8-15(17)18)11-12-6-7-13-4-2-3-5-14(13)10-12/h2-7,10H,8-9,11H2,1H3,(H,17,18). The fourth-order valence-corrected chi connectivity index (χ4v) is 2.01. The van der Waals surface area contributed by atoms with Crippen LogP contribution in [-0.2, 0) is 11.3 Å². The predicted molar refractivity (Wildman–Crippen MR) is 72.5 cm³/mol. The first kappa shape index (κ1) is 12.6. The van der Waals surface area contributed by atoms with E-state index in [2.05, 4.69) is 30.3 Å². The van der Waals surface area contributed by atoms with Gasteiger partial charge in [0.2, 0.25) is 0 Å². The topological polar surface area (TPSA) is 40.5 Å². The number of hydrogen-bond donors (Lipinski definition) is 1. The number of rotatable bonds is 5. The summed E-state index contributed by atoms with van der Waals surface area (Å²) >= 11 is 0. The number of fused-ring (bicyclic) bond motifs is 1. The lowest BCUT2D eigenvalue weighted by atomic mass is 10.1.